The number of hydrazone groups is 1. The number of aromatic nitrogens is 3. The Hall–Kier alpha value is -4.11. The van der Waals surface area contributed by atoms with Gasteiger partial charge in [-0.1, -0.05) is 66.4 Å². The van der Waals surface area contributed by atoms with Gasteiger partial charge >= 0.3 is 0 Å². The SMILES string of the molecule is O=C(CSc1nnc(-c2ccccc2)n1-c1ccccc1)N/N=C/c1cccc(O)c1O. The maximum Gasteiger partial charge on any atom is 0.250 e. The van der Waals surface area contributed by atoms with E-state index in [4.69, 9.17) is 0 Å². The van der Waals surface area contributed by atoms with Gasteiger partial charge in [0.25, 0.3) is 5.91 Å². The smallest absolute Gasteiger partial charge is 0.250 e. The van der Waals surface area contributed by atoms with Crippen LogP contribution in [0.5, 0.6) is 11.5 Å². The summed E-state index contributed by atoms with van der Waals surface area (Å²) < 4.78 is 1.90. The molecule has 0 unspecified atom stereocenters. The fourth-order valence-electron chi connectivity index (χ4n) is 2.94. The van der Waals surface area contributed by atoms with Crippen LogP contribution in [0.4, 0.5) is 0 Å². The number of benzene rings is 3. The quantitative estimate of drug-likeness (QED) is 0.173. The normalized spacial score (nSPS) is 11.0. The number of carbonyl (C=O) groups is 1. The van der Waals surface area contributed by atoms with Crippen LogP contribution >= 0.6 is 11.8 Å². The van der Waals surface area contributed by atoms with Gasteiger partial charge < -0.3 is 10.2 Å². The monoisotopic (exact) mass is 445 g/mol. The fourth-order valence-corrected chi connectivity index (χ4v) is 3.68. The van der Waals surface area contributed by atoms with Crippen LogP contribution in [0.1, 0.15) is 5.56 Å². The maximum atomic E-state index is 12.3. The number of phenolic OH excluding ortho intramolecular Hbond substituents is 2. The Labute approximate surface area is 188 Å². The highest BCUT2D eigenvalue weighted by Crippen LogP contribution is 2.28. The molecule has 0 atom stereocenters. The van der Waals surface area contributed by atoms with Crippen molar-refractivity contribution in [1.29, 1.82) is 0 Å². The third kappa shape index (κ3) is 4.79. The van der Waals surface area contributed by atoms with Crippen LogP contribution in [-0.4, -0.2) is 42.9 Å². The second-order valence-electron chi connectivity index (χ2n) is 6.64. The first kappa shape index (κ1) is 21.1. The minimum Gasteiger partial charge on any atom is -0.504 e. The Morgan fingerprint density at radius 3 is 2.44 bits per heavy atom. The van der Waals surface area contributed by atoms with Crippen molar-refractivity contribution in [3.8, 4) is 28.6 Å². The molecule has 160 valence electrons. The van der Waals surface area contributed by atoms with Gasteiger partial charge in [-0.05, 0) is 24.3 Å². The van der Waals surface area contributed by atoms with Gasteiger partial charge in [0.1, 0.15) is 0 Å². The summed E-state index contributed by atoms with van der Waals surface area (Å²) in [6.45, 7) is 0. The van der Waals surface area contributed by atoms with E-state index in [1.54, 1.807) is 12.1 Å². The molecule has 1 amide bonds. The summed E-state index contributed by atoms with van der Waals surface area (Å²) in [5, 5.41) is 32.3. The lowest BCUT2D eigenvalue weighted by Gasteiger charge is -2.10. The number of hydrogen-bond donors (Lipinski definition) is 3. The molecule has 4 rings (SSSR count). The highest BCUT2D eigenvalue weighted by molar-refractivity contribution is 7.99. The van der Waals surface area contributed by atoms with Crippen LogP contribution in [0.15, 0.2) is 89.1 Å². The lowest BCUT2D eigenvalue weighted by molar-refractivity contribution is -0.118. The minimum atomic E-state index is -0.352. The lowest BCUT2D eigenvalue weighted by Crippen LogP contribution is -2.20. The van der Waals surface area contributed by atoms with E-state index in [2.05, 4.69) is 20.7 Å². The molecule has 9 heteroatoms. The molecule has 0 radical (unpaired) electrons. The third-order valence-corrected chi connectivity index (χ3v) is 5.38. The second kappa shape index (κ2) is 9.80. The zero-order valence-electron chi connectivity index (χ0n) is 16.8. The molecule has 1 aromatic heterocycles. The Balaban J connectivity index is 1.48. The number of rotatable bonds is 7. The average Bonchev–Trinajstić information content (AvgIpc) is 3.25. The fraction of sp³-hybridized carbons (Fsp3) is 0.0435. The molecule has 32 heavy (non-hydrogen) atoms. The van der Waals surface area contributed by atoms with Crippen molar-refractivity contribution in [3.05, 3.63) is 84.4 Å². The van der Waals surface area contributed by atoms with Crippen LogP contribution in [0.3, 0.4) is 0 Å². The Morgan fingerprint density at radius 2 is 1.69 bits per heavy atom. The summed E-state index contributed by atoms with van der Waals surface area (Å²) in [5.74, 6) is -0.176. The number of aromatic hydroxyl groups is 2. The van der Waals surface area contributed by atoms with Gasteiger partial charge in [-0.25, -0.2) is 5.43 Å². The van der Waals surface area contributed by atoms with Crippen molar-refractivity contribution in [2.75, 3.05) is 5.75 Å². The molecule has 0 aliphatic heterocycles. The molecule has 0 aliphatic carbocycles. The van der Waals surface area contributed by atoms with Crippen LogP contribution in [0, 0.1) is 0 Å². The number of nitrogens with zero attached hydrogens (tertiary/aromatic N) is 4. The Kier molecular flexibility index (Phi) is 6.47. The number of carbonyl (C=O) groups excluding carboxylic acids is 1. The summed E-state index contributed by atoms with van der Waals surface area (Å²) in [6.07, 6.45) is 1.26. The Morgan fingerprint density at radius 1 is 0.969 bits per heavy atom. The van der Waals surface area contributed by atoms with Gasteiger partial charge in [0.15, 0.2) is 22.5 Å². The minimum absolute atomic E-state index is 0.0586. The maximum absolute atomic E-state index is 12.3. The third-order valence-electron chi connectivity index (χ3n) is 4.45. The number of nitrogens with one attached hydrogen (secondary N) is 1. The van der Waals surface area contributed by atoms with E-state index in [1.807, 2.05) is 65.2 Å². The van der Waals surface area contributed by atoms with E-state index in [-0.39, 0.29) is 28.7 Å². The zero-order chi connectivity index (χ0) is 22.3. The number of hydrogen-bond acceptors (Lipinski definition) is 7. The second-order valence-corrected chi connectivity index (χ2v) is 7.58. The molecule has 3 N–H and O–H groups in total. The lowest BCUT2D eigenvalue weighted by atomic mass is 10.2. The van der Waals surface area contributed by atoms with Crippen LogP contribution in [0.25, 0.3) is 17.1 Å². The summed E-state index contributed by atoms with van der Waals surface area (Å²) in [6, 6.07) is 23.9. The predicted molar refractivity (Wildman–Crippen MR) is 123 cm³/mol. The van der Waals surface area contributed by atoms with Crippen molar-refractivity contribution in [2.45, 2.75) is 5.16 Å². The predicted octanol–water partition coefficient (Wildman–Crippen LogP) is 3.59. The van der Waals surface area contributed by atoms with Crippen molar-refractivity contribution < 1.29 is 15.0 Å². The van der Waals surface area contributed by atoms with Crippen LogP contribution in [-0.2, 0) is 4.79 Å². The van der Waals surface area contributed by atoms with Gasteiger partial charge in [0.05, 0.1) is 12.0 Å². The summed E-state index contributed by atoms with van der Waals surface area (Å²) in [7, 11) is 0. The number of amides is 1. The standard InChI is InChI=1S/C23H19N5O3S/c29-19-13-7-10-17(21(19)31)14-24-25-20(30)15-32-23-27-26-22(16-8-3-1-4-9-16)28(23)18-11-5-2-6-12-18/h1-14,29,31H,15H2,(H,25,30)/b24-14+. The molecule has 0 saturated carbocycles. The highest BCUT2D eigenvalue weighted by Gasteiger charge is 2.17. The van der Waals surface area contributed by atoms with E-state index in [0.29, 0.717) is 11.0 Å². The Bertz CT molecular complexity index is 1240. The van der Waals surface area contributed by atoms with E-state index >= 15 is 0 Å². The number of para-hydroxylation sites is 2. The topological polar surface area (TPSA) is 113 Å². The van der Waals surface area contributed by atoms with Crippen LogP contribution in [0.2, 0.25) is 0 Å². The van der Waals surface area contributed by atoms with Gasteiger partial charge in [-0.2, -0.15) is 5.10 Å². The number of phenols is 2. The molecule has 4 aromatic rings. The van der Waals surface area contributed by atoms with E-state index in [0.717, 1.165) is 11.3 Å². The van der Waals surface area contributed by atoms with Crippen molar-refractivity contribution in [3.63, 3.8) is 0 Å². The van der Waals surface area contributed by atoms with Gasteiger partial charge in [0.2, 0.25) is 0 Å². The zero-order valence-corrected chi connectivity index (χ0v) is 17.6. The van der Waals surface area contributed by atoms with Gasteiger partial charge in [-0.15, -0.1) is 10.2 Å². The van der Waals surface area contributed by atoms with Crippen molar-refractivity contribution >= 4 is 23.9 Å². The largest absolute Gasteiger partial charge is 0.504 e. The van der Waals surface area contributed by atoms with Gasteiger partial charge in [-0.3, -0.25) is 9.36 Å². The van der Waals surface area contributed by atoms with Crippen molar-refractivity contribution in [2.24, 2.45) is 5.10 Å². The summed E-state index contributed by atoms with van der Waals surface area (Å²) in [5.41, 5.74) is 4.49. The molecular formula is C23H19N5O3S. The summed E-state index contributed by atoms with van der Waals surface area (Å²) in [4.78, 5) is 12.3. The molecule has 3 aromatic carbocycles. The highest BCUT2D eigenvalue weighted by atomic mass is 32.2. The average molecular weight is 446 g/mol. The molecule has 0 bridgehead atoms. The van der Waals surface area contributed by atoms with Crippen molar-refractivity contribution in [1.82, 2.24) is 20.2 Å². The molecule has 1 heterocycles. The van der Waals surface area contributed by atoms with E-state index < -0.39 is 0 Å². The first-order valence-electron chi connectivity index (χ1n) is 9.65. The first-order chi connectivity index (χ1) is 15.6. The molecule has 0 spiro atoms. The molecule has 0 fully saturated rings. The number of thioether (sulfide) groups is 1. The van der Waals surface area contributed by atoms with E-state index in [1.165, 1.54) is 24.0 Å². The van der Waals surface area contributed by atoms with Gasteiger partial charge in [0, 0.05) is 16.8 Å². The molecule has 0 saturated heterocycles. The molecule has 0 aliphatic rings. The summed E-state index contributed by atoms with van der Waals surface area (Å²) >= 11 is 1.23. The first-order valence-corrected chi connectivity index (χ1v) is 10.6. The molecular weight excluding hydrogens is 426 g/mol. The van der Waals surface area contributed by atoms with Crippen LogP contribution < -0.4 is 5.43 Å². The van der Waals surface area contributed by atoms with E-state index in [9.17, 15) is 15.0 Å². The molecule has 8 nitrogen and oxygen atoms in total.